The van der Waals surface area contributed by atoms with Crippen LogP contribution in [0, 0.1) is 44.7 Å². The normalized spacial score (nSPS) is 13.1. The van der Waals surface area contributed by atoms with Gasteiger partial charge in [0.05, 0.1) is 17.6 Å². The van der Waals surface area contributed by atoms with Gasteiger partial charge in [-0.2, -0.15) is 0 Å². The van der Waals surface area contributed by atoms with Gasteiger partial charge in [0.15, 0.2) is 5.78 Å². The fourth-order valence-corrected chi connectivity index (χ4v) is 8.86. The van der Waals surface area contributed by atoms with E-state index in [-0.39, 0.29) is 43.5 Å². The molecule has 1 N–H and O–H groups in total. The van der Waals surface area contributed by atoms with Crippen molar-refractivity contribution < 1.29 is 38.8 Å². The summed E-state index contributed by atoms with van der Waals surface area (Å²) < 4.78 is 11.8. The Kier molecular flexibility index (Phi) is 15.7. The van der Waals surface area contributed by atoms with E-state index in [1.165, 1.54) is 48.3 Å². The van der Waals surface area contributed by atoms with Crippen LogP contribution in [0.3, 0.4) is 0 Å². The van der Waals surface area contributed by atoms with Gasteiger partial charge in [0, 0.05) is 66.9 Å². The molecule has 62 heavy (non-hydrogen) atoms. The number of allylic oxidation sites excluding steroid dienone is 2. The van der Waals surface area contributed by atoms with E-state index in [9.17, 15) is 9.90 Å². The third-order valence-electron chi connectivity index (χ3n) is 12.2. The van der Waals surface area contributed by atoms with Crippen LogP contribution in [0.1, 0.15) is 107 Å². The quantitative estimate of drug-likeness (QED) is 0.0834. The first kappa shape index (κ1) is 46.1. The van der Waals surface area contributed by atoms with Gasteiger partial charge in [0.25, 0.3) is 0 Å². The van der Waals surface area contributed by atoms with Gasteiger partial charge >= 0.3 is 0 Å². The van der Waals surface area contributed by atoms with Crippen molar-refractivity contribution in [3.63, 3.8) is 0 Å². The van der Waals surface area contributed by atoms with Crippen molar-refractivity contribution in [2.75, 3.05) is 0 Å². The number of fused-ring (bicyclic) bond motifs is 5. The van der Waals surface area contributed by atoms with Crippen molar-refractivity contribution in [1.29, 1.82) is 0 Å². The number of hydrogen-bond acceptors (Lipinski definition) is 6. The van der Waals surface area contributed by atoms with Gasteiger partial charge in [0.2, 0.25) is 0 Å². The van der Waals surface area contributed by atoms with Crippen LogP contribution in [0.5, 0.6) is 0 Å². The van der Waals surface area contributed by atoms with Gasteiger partial charge in [-0.1, -0.05) is 109 Å². The number of aryl methyl sites for hydroxylation is 3. The number of para-hydroxylation sites is 1. The number of rotatable bonds is 10. The number of pyridine rings is 2. The molecule has 0 unspecified atom stereocenters. The molecule has 323 valence electrons. The number of ketones is 1. The third kappa shape index (κ3) is 10.3. The standard InChI is InChI=1S/C27H22NO.C15H12NO.C13H24O2.Ir/c1-17-14-23-22-8-4-5-9-25(22)29-27(23)24(15-17)26-21-11-10-19(18-6-2-3-7-18)16-20(21)12-13-28-26;1-10-7-11(2)9-13(8-10)14-15-12(3-5-16-14)4-6-17-15;1-5-10(6-2)12(14)9-13(15)11(7-3)8-4;/h4-5,8-14,16,18H,2-3,6-7H2,1H3;3-8H,1-2H3;9-11,14H,5-8H2,1-4H3;/q2*-1;;/b;;12-9-;. The molecular formula is C55H58IrN2O4-2. The van der Waals surface area contributed by atoms with E-state index in [1.54, 1.807) is 12.5 Å². The fraction of sp³-hybridized carbons (Fsp3) is 0.327. The average Bonchev–Trinajstić information content (AvgIpc) is 4.05. The summed E-state index contributed by atoms with van der Waals surface area (Å²) in [5.41, 5.74) is 11.3. The molecule has 9 rings (SSSR count). The fourth-order valence-electron chi connectivity index (χ4n) is 8.86. The van der Waals surface area contributed by atoms with Crippen molar-refractivity contribution in [2.24, 2.45) is 11.8 Å². The van der Waals surface area contributed by atoms with E-state index < -0.39 is 0 Å². The summed E-state index contributed by atoms with van der Waals surface area (Å²) in [5.74, 6) is 1.26. The first-order valence-electron chi connectivity index (χ1n) is 22.1. The Labute approximate surface area is 380 Å². The number of aromatic nitrogens is 2. The summed E-state index contributed by atoms with van der Waals surface area (Å²) in [6, 6.07) is 34.4. The second-order valence-electron chi connectivity index (χ2n) is 16.5. The molecule has 7 heteroatoms. The van der Waals surface area contributed by atoms with Crippen molar-refractivity contribution in [3.05, 3.63) is 144 Å². The molecule has 4 heterocycles. The largest absolute Gasteiger partial charge is 0.512 e. The zero-order chi connectivity index (χ0) is 43.0. The number of carbonyl (C=O) groups is 1. The topological polar surface area (TPSA) is 89.4 Å². The second-order valence-corrected chi connectivity index (χ2v) is 16.5. The molecule has 6 nitrogen and oxygen atoms in total. The van der Waals surface area contributed by atoms with Crippen molar-refractivity contribution in [2.45, 2.75) is 106 Å². The van der Waals surface area contributed by atoms with Crippen molar-refractivity contribution in [3.8, 4) is 22.5 Å². The maximum atomic E-state index is 11.7. The molecule has 4 aromatic heterocycles. The Balaban J connectivity index is 0.000000168. The number of aliphatic hydroxyl groups excluding tert-OH is 1. The maximum Gasteiger partial charge on any atom is 0.162 e. The maximum absolute atomic E-state index is 11.7. The number of hydrogen-bond donors (Lipinski definition) is 1. The minimum absolute atomic E-state index is 0. The Morgan fingerprint density at radius 1 is 0.742 bits per heavy atom. The number of carbonyl (C=O) groups excluding carboxylic acids is 1. The summed E-state index contributed by atoms with van der Waals surface area (Å²) in [5, 5.41) is 15.5. The SMILES string of the molecule is CCC(CC)C(=O)/C=C(\O)C(CC)CC.Cc1[c-]c(-c2nccc3cc(C4CCCC4)ccc23)c2oc3ccccc3c2c1.Cc1[c-]c(-c2nccc3ccoc23)cc(C)c1.[Ir]. The molecule has 1 aliphatic carbocycles. The summed E-state index contributed by atoms with van der Waals surface area (Å²) in [6.45, 7) is 14.3. The zero-order valence-electron chi connectivity index (χ0n) is 37.1. The summed E-state index contributed by atoms with van der Waals surface area (Å²) in [4.78, 5) is 20.9. The van der Waals surface area contributed by atoms with Crippen LogP contribution in [0.15, 0.2) is 118 Å². The van der Waals surface area contributed by atoms with Crippen LogP contribution in [0.2, 0.25) is 0 Å². The summed E-state index contributed by atoms with van der Waals surface area (Å²) >= 11 is 0. The molecule has 1 aliphatic rings. The van der Waals surface area contributed by atoms with Crippen molar-refractivity contribution >= 4 is 49.5 Å². The minimum atomic E-state index is 0. The molecule has 8 aromatic rings. The van der Waals surface area contributed by atoms with Gasteiger partial charge in [-0.25, -0.2) is 0 Å². The number of nitrogens with zero attached hydrogens (tertiary/aromatic N) is 2. The Bertz CT molecular complexity index is 2780. The molecule has 0 bridgehead atoms. The molecule has 0 saturated heterocycles. The van der Waals surface area contributed by atoms with Crippen LogP contribution in [-0.4, -0.2) is 20.9 Å². The molecule has 0 atom stereocenters. The van der Waals surface area contributed by atoms with Gasteiger partial charge < -0.3 is 23.9 Å². The molecule has 0 aliphatic heterocycles. The van der Waals surface area contributed by atoms with E-state index in [1.807, 2.05) is 65.1 Å². The molecular weight excluding hydrogens is 945 g/mol. The summed E-state index contributed by atoms with van der Waals surface area (Å²) in [6.07, 6.45) is 15.7. The molecule has 0 amide bonds. The third-order valence-corrected chi connectivity index (χ3v) is 12.2. The van der Waals surface area contributed by atoms with E-state index >= 15 is 0 Å². The number of aliphatic hydroxyl groups is 1. The van der Waals surface area contributed by atoms with E-state index in [0.29, 0.717) is 5.92 Å². The van der Waals surface area contributed by atoms with E-state index in [4.69, 9.17) is 13.8 Å². The first-order chi connectivity index (χ1) is 29.6. The van der Waals surface area contributed by atoms with Gasteiger partial charge in [-0.05, 0) is 90.7 Å². The van der Waals surface area contributed by atoms with E-state index in [2.05, 4.69) is 85.6 Å². The zero-order valence-corrected chi connectivity index (χ0v) is 39.5. The number of benzene rings is 4. The van der Waals surface area contributed by atoms with Crippen LogP contribution in [0.25, 0.3) is 66.2 Å². The molecule has 0 spiro atoms. The van der Waals surface area contributed by atoms with Crippen LogP contribution < -0.4 is 0 Å². The Hall–Kier alpha value is -5.36. The Morgan fingerprint density at radius 2 is 1.42 bits per heavy atom. The monoisotopic (exact) mass is 1000 g/mol. The predicted molar refractivity (Wildman–Crippen MR) is 251 cm³/mol. The molecule has 1 saturated carbocycles. The number of furan rings is 2. The first-order valence-corrected chi connectivity index (χ1v) is 22.1. The molecule has 1 radical (unpaired) electrons. The molecule has 4 aromatic carbocycles. The minimum Gasteiger partial charge on any atom is -0.512 e. The smallest absolute Gasteiger partial charge is 0.162 e. The summed E-state index contributed by atoms with van der Waals surface area (Å²) in [7, 11) is 0. The van der Waals surface area contributed by atoms with E-state index in [0.717, 1.165) is 97.6 Å². The van der Waals surface area contributed by atoms with Crippen LogP contribution >= 0.6 is 0 Å². The average molecular weight is 1000 g/mol. The van der Waals surface area contributed by atoms with Crippen molar-refractivity contribution in [1.82, 2.24) is 9.97 Å². The van der Waals surface area contributed by atoms with Gasteiger partial charge in [-0.3, -0.25) is 4.79 Å². The Morgan fingerprint density at radius 3 is 2.13 bits per heavy atom. The van der Waals surface area contributed by atoms with Crippen LogP contribution in [0.4, 0.5) is 0 Å². The van der Waals surface area contributed by atoms with Crippen LogP contribution in [-0.2, 0) is 24.9 Å². The van der Waals surface area contributed by atoms with Gasteiger partial charge in [-0.15, -0.1) is 52.6 Å². The van der Waals surface area contributed by atoms with Gasteiger partial charge in [0.1, 0.15) is 11.2 Å². The molecule has 1 fully saturated rings. The predicted octanol–water partition coefficient (Wildman–Crippen LogP) is 15.3. The second kappa shape index (κ2) is 21.1.